The summed E-state index contributed by atoms with van der Waals surface area (Å²) in [6.07, 6.45) is 0.665. The fraction of sp³-hybridized carbons (Fsp3) is 0.652. The van der Waals surface area contributed by atoms with Gasteiger partial charge >= 0.3 is 0 Å². The first-order chi connectivity index (χ1) is 16.4. The van der Waals surface area contributed by atoms with E-state index in [1.54, 1.807) is 0 Å². The molecule has 2 amide bonds. The Kier molecular flexibility index (Phi) is 16.6. The quantitative estimate of drug-likeness (QED) is 0.122. The topological polar surface area (TPSA) is 158 Å². The Bertz CT molecular complexity index is 668. The number of carbonyl (C=O) groups is 2. The Morgan fingerprint density at radius 3 is 2.44 bits per heavy atom. The average molecular weight is 503 g/mol. The molecule has 6 N–H and O–H groups in total. The van der Waals surface area contributed by atoms with E-state index < -0.39 is 37.3 Å². The third-order valence-electron chi connectivity index (χ3n) is 4.99. The number of benzene rings is 1. The SMILES string of the molecule is CCCCCCCC(=O)NSc1ccccc1.O=CNCCO[C@H]1OC(CO)[C@@H](O)C(O)C1O. The highest BCUT2D eigenvalue weighted by molar-refractivity contribution is 7.98. The zero-order valence-electron chi connectivity index (χ0n) is 19.5. The molecule has 2 rings (SSSR count). The van der Waals surface area contributed by atoms with E-state index in [0.29, 0.717) is 12.8 Å². The average Bonchev–Trinajstić information content (AvgIpc) is 2.86. The van der Waals surface area contributed by atoms with Crippen LogP contribution in [0.5, 0.6) is 0 Å². The fourth-order valence-corrected chi connectivity index (χ4v) is 3.67. The number of ether oxygens (including phenoxy) is 2. The largest absolute Gasteiger partial charge is 0.394 e. The predicted octanol–water partition coefficient (Wildman–Crippen LogP) is 0.719. The van der Waals surface area contributed by atoms with Crippen molar-refractivity contribution in [3.63, 3.8) is 0 Å². The first-order valence-electron chi connectivity index (χ1n) is 11.5. The summed E-state index contributed by atoms with van der Waals surface area (Å²) in [5.74, 6) is 0.135. The van der Waals surface area contributed by atoms with Crippen molar-refractivity contribution in [2.75, 3.05) is 19.8 Å². The van der Waals surface area contributed by atoms with E-state index in [-0.39, 0.29) is 19.1 Å². The van der Waals surface area contributed by atoms with Crippen molar-refractivity contribution >= 4 is 24.3 Å². The van der Waals surface area contributed by atoms with Gasteiger partial charge in [0.25, 0.3) is 0 Å². The summed E-state index contributed by atoms with van der Waals surface area (Å²) >= 11 is 1.40. The summed E-state index contributed by atoms with van der Waals surface area (Å²) < 4.78 is 13.0. The van der Waals surface area contributed by atoms with Crippen LogP contribution in [-0.2, 0) is 19.1 Å². The van der Waals surface area contributed by atoms with E-state index in [1.807, 2.05) is 30.3 Å². The summed E-state index contributed by atoms with van der Waals surface area (Å²) in [5.41, 5.74) is 0. The van der Waals surface area contributed by atoms with Gasteiger partial charge in [0, 0.05) is 17.9 Å². The van der Waals surface area contributed by atoms with Gasteiger partial charge in [-0.25, -0.2) is 0 Å². The molecule has 3 unspecified atom stereocenters. The van der Waals surface area contributed by atoms with Crippen LogP contribution in [0, 0.1) is 0 Å². The van der Waals surface area contributed by atoms with Crippen LogP contribution in [0.4, 0.5) is 0 Å². The molecule has 0 saturated carbocycles. The molecule has 0 bridgehead atoms. The second kappa shape index (κ2) is 18.6. The van der Waals surface area contributed by atoms with Gasteiger partial charge in [-0.2, -0.15) is 0 Å². The highest BCUT2D eigenvalue weighted by Gasteiger charge is 2.43. The molecule has 1 aliphatic rings. The molecule has 11 heteroatoms. The number of rotatable bonds is 14. The number of aliphatic hydroxyl groups is 4. The molecule has 194 valence electrons. The van der Waals surface area contributed by atoms with Gasteiger partial charge in [-0.3, -0.25) is 14.3 Å². The van der Waals surface area contributed by atoms with Crippen molar-refractivity contribution in [3.05, 3.63) is 30.3 Å². The van der Waals surface area contributed by atoms with Gasteiger partial charge in [-0.1, -0.05) is 50.8 Å². The minimum absolute atomic E-state index is 0.0709. The second-order valence-electron chi connectivity index (χ2n) is 7.74. The molecule has 1 saturated heterocycles. The minimum atomic E-state index is -1.45. The summed E-state index contributed by atoms with van der Waals surface area (Å²) in [7, 11) is 0. The minimum Gasteiger partial charge on any atom is -0.394 e. The van der Waals surface area contributed by atoms with Crippen molar-refractivity contribution in [2.45, 2.75) is 81.1 Å². The van der Waals surface area contributed by atoms with Gasteiger partial charge in [0.2, 0.25) is 12.3 Å². The van der Waals surface area contributed by atoms with Crippen molar-refractivity contribution in [3.8, 4) is 0 Å². The smallest absolute Gasteiger partial charge is 0.230 e. The lowest BCUT2D eigenvalue weighted by molar-refractivity contribution is -0.300. The monoisotopic (exact) mass is 502 g/mol. The molecule has 1 fully saturated rings. The molecule has 10 nitrogen and oxygen atoms in total. The molecular formula is C23H38N2O8S. The van der Waals surface area contributed by atoms with E-state index in [1.165, 1.54) is 31.2 Å². The number of unbranched alkanes of at least 4 members (excludes halogenated alkanes) is 4. The predicted molar refractivity (Wildman–Crippen MR) is 128 cm³/mol. The van der Waals surface area contributed by atoms with Crippen LogP contribution in [0.1, 0.15) is 45.4 Å². The maximum Gasteiger partial charge on any atom is 0.230 e. The lowest BCUT2D eigenvalue weighted by Gasteiger charge is -2.39. The molecule has 34 heavy (non-hydrogen) atoms. The van der Waals surface area contributed by atoms with Gasteiger partial charge < -0.3 is 35.2 Å². The van der Waals surface area contributed by atoms with Crippen LogP contribution < -0.4 is 10.0 Å². The molecule has 0 spiro atoms. The highest BCUT2D eigenvalue weighted by Crippen LogP contribution is 2.21. The van der Waals surface area contributed by atoms with Crippen molar-refractivity contribution in [1.82, 2.24) is 10.0 Å². The molecule has 5 atom stereocenters. The van der Waals surface area contributed by atoms with Gasteiger partial charge in [0.05, 0.1) is 13.2 Å². The van der Waals surface area contributed by atoms with E-state index in [4.69, 9.17) is 14.6 Å². The Hall–Kier alpha value is -1.73. The zero-order chi connectivity index (χ0) is 25.2. The van der Waals surface area contributed by atoms with Crippen LogP contribution in [0.3, 0.4) is 0 Å². The van der Waals surface area contributed by atoms with Gasteiger partial charge in [0.15, 0.2) is 6.29 Å². The molecule has 1 aromatic carbocycles. The molecule has 1 heterocycles. The van der Waals surface area contributed by atoms with Crippen LogP contribution in [0.15, 0.2) is 35.2 Å². The van der Waals surface area contributed by atoms with Crippen molar-refractivity contribution < 1.29 is 39.5 Å². The fourth-order valence-electron chi connectivity index (χ4n) is 3.04. The molecule has 0 aliphatic carbocycles. The van der Waals surface area contributed by atoms with Crippen LogP contribution >= 0.6 is 11.9 Å². The molecule has 1 aromatic rings. The van der Waals surface area contributed by atoms with E-state index in [9.17, 15) is 24.9 Å². The summed E-state index contributed by atoms with van der Waals surface area (Å²) in [6, 6.07) is 9.90. The number of aliphatic hydroxyl groups excluding tert-OH is 4. The number of hydrogen-bond acceptors (Lipinski definition) is 9. The van der Waals surface area contributed by atoms with E-state index in [0.717, 1.165) is 17.7 Å². The number of nitrogens with one attached hydrogen (secondary N) is 2. The normalized spacial score (nSPS) is 24.0. The third kappa shape index (κ3) is 12.1. The Morgan fingerprint density at radius 2 is 1.79 bits per heavy atom. The molecular weight excluding hydrogens is 464 g/mol. The Morgan fingerprint density at radius 1 is 1.09 bits per heavy atom. The van der Waals surface area contributed by atoms with E-state index in [2.05, 4.69) is 17.0 Å². The lowest BCUT2D eigenvalue weighted by atomic mass is 9.99. The number of carbonyl (C=O) groups excluding carboxylic acids is 2. The summed E-state index contributed by atoms with van der Waals surface area (Å²) in [4.78, 5) is 22.6. The first kappa shape index (κ1) is 30.3. The maximum atomic E-state index is 11.5. The second-order valence-corrected chi connectivity index (χ2v) is 8.62. The van der Waals surface area contributed by atoms with Crippen LogP contribution in [0.25, 0.3) is 0 Å². The zero-order valence-corrected chi connectivity index (χ0v) is 20.4. The Labute approximate surface area is 205 Å². The van der Waals surface area contributed by atoms with Gasteiger partial charge in [0.1, 0.15) is 24.4 Å². The van der Waals surface area contributed by atoms with Gasteiger partial charge in [-0.15, -0.1) is 0 Å². The van der Waals surface area contributed by atoms with Crippen molar-refractivity contribution in [2.24, 2.45) is 0 Å². The first-order valence-corrected chi connectivity index (χ1v) is 12.4. The molecule has 0 aromatic heterocycles. The van der Waals surface area contributed by atoms with E-state index >= 15 is 0 Å². The third-order valence-corrected chi connectivity index (χ3v) is 5.83. The van der Waals surface area contributed by atoms with Crippen LogP contribution in [0.2, 0.25) is 0 Å². The molecule has 1 aliphatic heterocycles. The molecule has 0 radical (unpaired) electrons. The van der Waals surface area contributed by atoms with Gasteiger partial charge in [-0.05, 0) is 30.5 Å². The number of amides is 2. The maximum absolute atomic E-state index is 11.5. The summed E-state index contributed by atoms with van der Waals surface area (Å²) in [5, 5.41) is 39.7. The summed E-state index contributed by atoms with van der Waals surface area (Å²) in [6.45, 7) is 1.99. The highest BCUT2D eigenvalue weighted by atomic mass is 32.2. The number of hydrogen-bond donors (Lipinski definition) is 6. The lowest BCUT2D eigenvalue weighted by Crippen LogP contribution is -2.59. The van der Waals surface area contributed by atoms with Crippen LogP contribution in [-0.4, -0.2) is 83.2 Å². The standard InChI is InChI=1S/C14H21NOS.C9H17NO7/c1-2-3-4-5-9-12-14(16)15-17-13-10-7-6-8-11-13;11-3-5-6(13)7(14)8(15)9(17-5)16-2-1-10-4-12/h6-8,10-11H,2-5,9,12H2,1H3,(H,15,16);4-9,11,13-15H,1-3H2,(H,10,12)/t;5?,6-,7?,8?,9+/m.1/s1. The van der Waals surface area contributed by atoms with Crippen molar-refractivity contribution in [1.29, 1.82) is 0 Å². The Balaban J connectivity index is 0.000000340.